The van der Waals surface area contributed by atoms with Crippen molar-refractivity contribution in [1.82, 2.24) is 9.97 Å². The standard InChI is InChI=1S/C5H4N2O.Na.H2O3S/c8-3-5-1-6-4-7-2-5;;1-4(2)3/h1-4H;;(H2,1,2,3)/q;+1;/p-1. The predicted molar refractivity (Wildman–Crippen MR) is 39.0 cm³/mol. The first-order valence-corrected chi connectivity index (χ1v) is 3.68. The first-order chi connectivity index (χ1) is 5.66. The summed E-state index contributed by atoms with van der Waals surface area (Å²) in [7, 11) is 0. The summed E-state index contributed by atoms with van der Waals surface area (Å²) < 4.78 is 24.1. The average Bonchev–Trinajstić information content (AvgIpc) is 2.05. The second-order valence-electron chi connectivity index (χ2n) is 1.51. The molecule has 0 aromatic carbocycles. The fraction of sp³-hybridized carbons (Fsp3) is 0. The van der Waals surface area contributed by atoms with E-state index in [0.29, 0.717) is 11.8 Å². The Bertz CT molecular complexity index is 254. The van der Waals surface area contributed by atoms with E-state index in [4.69, 9.17) is 13.3 Å². The Morgan fingerprint density at radius 2 is 1.85 bits per heavy atom. The van der Waals surface area contributed by atoms with E-state index in [-0.39, 0.29) is 29.6 Å². The van der Waals surface area contributed by atoms with Gasteiger partial charge in [0.25, 0.3) is 0 Å². The maximum atomic E-state index is 9.93. The molecule has 1 atom stereocenters. The molecule has 1 unspecified atom stereocenters. The summed E-state index contributed by atoms with van der Waals surface area (Å²) in [4.78, 5) is 17.2. The van der Waals surface area contributed by atoms with Crippen LogP contribution in [0.1, 0.15) is 10.4 Å². The van der Waals surface area contributed by atoms with E-state index in [1.54, 1.807) is 0 Å². The van der Waals surface area contributed by atoms with Gasteiger partial charge < -0.3 is 9.11 Å². The van der Waals surface area contributed by atoms with Crippen LogP contribution in [0.15, 0.2) is 18.7 Å². The van der Waals surface area contributed by atoms with Crippen molar-refractivity contribution in [3.8, 4) is 0 Å². The summed E-state index contributed by atoms with van der Waals surface area (Å²) in [5, 5.41) is 0. The maximum Gasteiger partial charge on any atom is 1.00 e. The van der Waals surface area contributed by atoms with Gasteiger partial charge in [0.1, 0.15) is 6.33 Å². The number of carbonyl (C=O) groups is 1. The zero-order valence-electron chi connectivity index (χ0n) is 6.78. The van der Waals surface area contributed by atoms with Gasteiger partial charge in [-0.1, -0.05) is 0 Å². The smallest absolute Gasteiger partial charge is 0.750 e. The molecule has 13 heavy (non-hydrogen) atoms. The van der Waals surface area contributed by atoms with Crippen LogP contribution in [0.4, 0.5) is 0 Å². The van der Waals surface area contributed by atoms with Crippen LogP contribution in [-0.2, 0) is 11.4 Å². The number of nitrogens with zero attached hydrogens (tertiary/aromatic N) is 2. The third-order valence-corrected chi connectivity index (χ3v) is 0.717. The second-order valence-corrected chi connectivity index (χ2v) is 1.94. The molecule has 0 aliphatic rings. The van der Waals surface area contributed by atoms with Gasteiger partial charge in [0.05, 0.1) is 16.9 Å². The van der Waals surface area contributed by atoms with Crippen LogP contribution < -0.4 is 29.6 Å². The number of hydrogen-bond acceptors (Lipinski definition) is 5. The molecule has 0 fully saturated rings. The Hall–Kier alpha value is -0.180. The number of aldehydes is 1. The molecule has 0 radical (unpaired) electrons. The number of hydrogen-bond donors (Lipinski definition) is 1. The fourth-order valence-corrected chi connectivity index (χ4v) is 0.371. The largest absolute Gasteiger partial charge is 1.00 e. The van der Waals surface area contributed by atoms with E-state index < -0.39 is 11.4 Å². The molecule has 1 aromatic rings. The molecule has 0 saturated heterocycles. The molecule has 0 amide bonds. The van der Waals surface area contributed by atoms with Crippen LogP contribution in [0, 0.1) is 0 Å². The SMILES string of the molecule is O=Cc1cncnc1.O=S([O-])O.[Na+]. The van der Waals surface area contributed by atoms with Crippen molar-refractivity contribution in [2.45, 2.75) is 0 Å². The summed E-state index contributed by atoms with van der Waals surface area (Å²) in [6.45, 7) is 0. The maximum absolute atomic E-state index is 9.93. The van der Waals surface area contributed by atoms with Crippen molar-refractivity contribution in [3.05, 3.63) is 24.3 Å². The van der Waals surface area contributed by atoms with Gasteiger partial charge in [0.15, 0.2) is 6.29 Å². The van der Waals surface area contributed by atoms with Gasteiger partial charge in [0.2, 0.25) is 0 Å². The third-order valence-electron chi connectivity index (χ3n) is 0.717. The fourth-order valence-electron chi connectivity index (χ4n) is 0.371. The van der Waals surface area contributed by atoms with E-state index in [2.05, 4.69) is 9.97 Å². The molecule has 1 rings (SSSR count). The van der Waals surface area contributed by atoms with Crippen molar-refractivity contribution in [2.75, 3.05) is 0 Å². The molecule has 1 aromatic heterocycles. The minimum absolute atomic E-state index is 0. The summed E-state index contributed by atoms with van der Waals surface area (Å²) >= 11 is -2.86. The van der Waals surface area contributed by atoms with Crippen molar-refractivity contribution in [3.63, 3.8) is 0 Å². The van der Waals surface area contributed by atoms with Gasteiger partial charge in [0, 0.05) is 12.4 Å². The molecule has 66 valence electrons. The molecule has 0 aliphatic carbocycles. The Balaban J connectivity index is 0. The molecule has 1 heterocycles. The molecular formula is C5H5N2NaO4S. The summed E-state index contributed by atoms with van der Waals surface area (Å²) in [5.41, 5.74) is 0.507. The van der Waals surface area contributed by atoms with Crippen molar-refractivity contribution < 1.29 is 47.7 Å². The van der Waals surface area contributed by atoms with Crippen LogP contribution in [0.25, 0.3) is 0 Å². The Morgan fingerprint density at radius 1 is 1.46 bits per heavy atom. The van der Waals surface area contributed by atoms with E-state index in [9.17, 15) is 4.79 Å². The zero-order chi connectivity index (χ0) is 9.40. The van der Waals surface area contributed by atoms with Crippen molar-refractivity contribution in [2.24, 2.45) is 0 Å². The molecule has 0 aliphatic heterocycles. The first-order valence-electron chi connectivity index (χ1n) is 2.65. The molecule has 1 N–H and O–H groups in total. The van der Waals surface area contributed by atoms with Gasteiger partial charge in [-0.05, 0) is 0 Å². The van der Waals surface area contributed by atoms with Crippen LogP contribution >= 0.6 is 0 Å². The molecule has 0 saturated carbocycles. The van der Waals surface area contributed by atoms with Gasteiger partial charge in [-0.15, -0.1) is 0 Å². The zero-order valence-corrected chi connectivity index (χ0v) is 9.60. The minimum Gasteiger partial charge on any atom is -0.750 e. The van der Waals surface area contributed by atoms with Crippen LogP contribution in [0.5, 0.6) is 0 Å². The molecular weight excluding hydrogens is 207 g/mol. The van der Waals surface area contributed by atoms with E-state index in [0.717, 1.165) is 0 Å². The number of carbonyl (C=O) groups excluding carboxylic acids is 1. The third kappa shape index (κ3) is 11.8. The average molecular weight is 212 g/mol. The monoisotopic (exact) mass is 212 g/mol. The van der Waals surface area contributed by atoms with Crippen LogP contribution in [-0.4, -0.2) is 29.6 Å². The van der Waals surface area contributed by atoms with E-state index in [1.165, 1.54) is 18.7 Å². The topological polar surface area (TPSA) is 103 Å². The van der Waals surface area contributed by atoms with Gasteiger partial charge >= 0.3 is 29.6 Å². The quantitative estimate of drug-likeness (QED) is 0.296. The van der Waals surface area contributed by atoms with Crippen LogP contribution in [0.2, 0.25) is 0 Å². The van der Waals surface area contributed by atoms with Crippen molar-refractivity contribution in [1.29, 1.82) is 0 Å². The Labute approximate surface area is 99.2 Å². The number of aromatic nitrogens is 2. The minimum atomic E-state index is -2.86. The van der Waals surface area contributed by atoms with Crippen molar-refractivity contribution >= 4 is 17.6 Å². The summed E-state index contributed by atoms with van der Waals surface area (Å²) in [6, 6.07) is 0. The Kier molecular flexibility index (Phi) is 11.7. The molecule has 8 heteroatoms. The predicted octanol–water partition coefficient (Wildman–Crippen LogP) is -3.37. The molecule has 0 bridgehead atoms. The number of rotatable bonds is 1. The molecule has 0 spiro atoms. The summed E-state index contributed by atoms with van der Waals surface area (Å²) in [5.74, 6) is 0. The van der Waals surface area contributed by atoms with E-state index in [1.807, 2.05) is 0 Å². The van der Waals surface area contributed by atoms with Gasteiger partial charge in [-0.3, -0.25) is 4.79 Å². The second kappa shape index (κ2) is 9.90. The van der Waals surface area contributed by atoms with Gasteiger partial charge in [-0.25, -0.2) is 14.2 Å². The van der Waals surface area contributed by atoms with Gasteiger partial charge in [-0.2, -0.15) is 0 Å². The Morgan fingerprint density at radius 3 is 2.08 bits per heavy atom. The first kappa shape index (κ1) is 15.3. The van der Waals surface area contributed by atoms with Crippen LogP contribution in [0.3, 0.4) is 0 Å². The normalized spacial score (nSPS) is 10.0. The molecule has 6 nitrogen and oxygen atoms in total. The van der Waals surface area contributed by atoms with E-state index >= 15 is 0 Å². The summed E-state index contributed by atoms with van der Waals surface area (Å²) in [6.07, 6.45) is 5.01.